The molecule has 3 N–H and O–H groups in total. The third kappa shape index (κ3) is 4.76. The highest BCUT2D eigenvalue weighted by Crippen LogP contribution is 2.40. The van der Waals surface area contributed by atoms with E-state index in [4.69, 9.17) is 9.97 Å². The number of H-pyrrole nitrogens is 2. The zero-order chi connectivity index (χ0) is 30.1. The van der Waals surface area contributed by atoms with Crippen molar-refractivity contribution < 1.29 is 5.11 Å². The quantitative estimate of drug-likeness (QED) is 0.242. The van der Waals surface area contributed by atoms with Gasteiger partial charge in [0.25, 0.3) is 0 Å². The van der Waals surface area contributed by atoms with Crippen LogP contribution in [0.5, 0.6) is 0 Å². The maximum atomic E-state index is 10.9. The summed E-state index contributed by atoms with van der Waals surface area (Å²) < 4.78 is 0. The zero-order valence-electron chi connectivity index (χ0n) is 26.9. The van der Waals surface area contributed by atoms with Crippen molar-refractivity contribution in [2.45, 2.75) is 113 Å². The number of aromatic amines is 2. The number of aliphatic hydroxyl groups is 1. The number of aryl methyl sites for hydroxylation is 4. The topological polar surface area (TPSA) is 77.6 Å². The number of aromatic nitrogens is 4. The lowest BCUT2D eigenvalue weighted by molar-refractivity contribution is 0.282. The summed E-state index contributed by atoms with van der Waals surface area (Å²) in [5.41, 5.74) is 19.8. The molecule has 0 amide bonds. The summed E-state index contributed by atoms with van der Waals surface area (Å²) in [5.74, 6) is 0. The summed E-state index contributed by atoms with van der Waals surface area (Å²) >= 11 is 0. The molecule has 5 nitrogen and oxygen atoms in total. The molecule has 5 heterocycles. The van der Waals surface area contributed by atoms with E-state index in [1.165, 1.54) is 44.5 Å². The maximum Gasteiger partial charge on any atom is 0.0748 e. The first-order valence-corrected chi connectivity index (χ1v) is 16.3. The van der Waals surface area contributed by atoms with Gasteiger partial charge in [0, 0.05) is 27.6 Å². The molecular weight excluding hydrogens is 516 g/mol. The van der Waals surface area contributed by atoms with Crippen LogP contribution in [0.1, 0.15) is 132 Å². The summed E-state index contributed by atoms with van der Waals surface area (Å²) in [5, 5.41) is 10.9. The van der Waals surface area contributed by atoms with Gasteiger partial charge in [0.15, 0.2) is 0 Å². The fourth-order valence-corrected chi connectivity index (χ4v) is 7.43. The molecule has 8 bridgehead atoms. The van der Waals surface area contributed by atoms with Gasteiger partial charge in [0.1, 0.15) is 0 Å². The second kappa shape index (κ2) is 12.4. The molecular formula is C37H48N4O. The summed E-state index contributed by atoms with van der Waals surface area (Å²) in [7, 11) is 0. The van der Waals surface area contributed by atoms with E-state index in [1.807, 2.05) is 0 Å². The zero-order valence-corrected chi connectivity index (χ0v) is 26.9. The normalized spacial score (nSPS) is 13.5. The highest BCUT2D eigenvalue weighted by molar-refractivity contribution is 5.97. The van der Waals surface area contributed by atoms with E-state index in [2.05, 4.69) is 83.6 Å². The SMILES string of the molecule is CCC1=C(CC)c2cc3[nH]c(cc4[nH]c(c(CO)c5nc(cc1n2)C(CC)=C5CC)c(CC)c4CC)c(CC)c3CC. The Hall–Kier alpha value is -3.44. The van der Waals surface area contributed by atoms with Crippen LogP contribution >= 0.6 is 0 Å². The smallest absolute Gasteiger partial charge is 0.0748 e. The third-order valence-corrected chi connectivity index (χ3v) is 9.37. The first-order valence-electron chi connectivity index (χ1n) is 16.3. The van der Waals surface area contributed by atoms with Gasteiger partial charge < -0.3 is 15.1 Å². The number of aliphatic hydroxyl groups excluding tert-OH is 1. The van der Waals surface area contributed by atoms with Crippen molar-refractivity contribution >= 4 is 44.4 Å². The summed E-state index contributed by atoms with van der Waals surface area (Å²) in [4.78, 5) is 18.2. The number of fused-ring (bicyclic) bond motifs is 8. The van der Waals surface area contributed by atoms with Gasteiger partial charge in [-0.15, -0.1) is 0 Å². The van der Waals surface area contributed by atoms with Crippen molar-refractivity contribution in [3.8, 4) is 0 Å². The first kappa shape index (κ1) is 30.0. The van der Waals surface area contributed by atoms with Crippen molar-refractivity contribution in [1.29, 1.82) is 0 Å². The van der Waals surface area contributed by atoms with Gasteiger partial charge in [-0.25, -0.2) is 9.97 Å². The molecule has 3 aromatic rings. The van der Waals surface area contributed by atoms with Gasteiger partial charge in [0.05, 0.1) is 29.4 Å². The Labute approximate surface area is 251 Å². The van der Waals surface area contributed by atoms with E-state index >= 15 is 0 Å². The predicted molar refractivity (Wildman–Crippen MR) is 179 cm³/mol. The molecule has 0 atom stereocenters. The highest BCUT2D eigenvalue weighted by atomic mass is 16.3. The van der Waals surface area contributed by atoms with E-state index in [-0.39, 0.29) is 6.61 Å². The third-order valence-electron chi connectivity index (χ3n) is 9.37. The van der Waals surface area contributed by atoms with Crippen LogP contribution in [0.15, 0.2) is 18.2 Å². The van der Waals surface area contributed by atoms with Crippen molar-refractivity contribution in [2.24, 2.45) is 0 Å². The van der Waals surface area contributed by atoms with Gasteiger partial charge in [-0.1, -0.05) is 55.4 Å². The number of hydrogen-bond acceptors (Lipinski definition) is 3. The second-order valence-corrected chi connectivity index (χ2v) is 11.3. The fourth-order valence-electron chi connectivity index (χ4n) is 7.43. The van der Waals surface area contributed by atoms with Crippen LogP contribution in [0.3, 0.4) is 0 Å². The van der Waals surface area contributed by atoms with E-state index in [0.717, 1.165) is 102 Å². The molecule has 0 unspecified atom stereocenters. The van der Waals surface area contributed by atoms with Gasteiger partial charge in [-0.05, 0) is 114 Å². The molecule has 0 saturated carbocycles. The number of nitrogens with zero attached hydrogens (tertiary/aromatic N) is 2. The van der Waals surface area contributed by atoms with Gasteiger partial charge in [0.2, 0.25) is 0 Å². The Morgan fingerprint density at radius 3 is 1.45 bits per heavy atom. The van der Waals surface area contributed by atoms with E-state index < -0.39 is 0 Å². The van der Waals surface area contributed by atoms with Crippen molar-refractivity contribution in [3.05, 3.63) is 68.8 Å². The van der Waals surface area contributed by atoms with Crippen molar-refractivity contribution in [1.82, 2.24) is 19.9 Å². The Bertz CT molecular complexity index is 1750. The highest BCUT2D eigenvalue weighted by Gasteiger charge is 2.25. The molecule has 2 aliphatic heterocycles. The molecule has 3 aromatic heterocycles. The van der Waals surface area contributed by atoms with Crippen molar-refractivity contribution in [3.63, 3.8) is 0 Å². The minimum Gasteiger partial charge on any atom is -0.392 e. The van der Waals surface area contributed by atoms with Crippen LogP contribution in [-0.4, -0.2) is 25.0 Å². The first-order chi connectivity index (χ1) is 20.4. The molecule has 5 rings (SSSR count). The minimum atomic E-state index is -0.0660. The molecule has 222 valence electrons. The molecule has 2 aliphatic rings. The summed E-state index contributed by atoms with van der Waals surface area (Å²) in [6, 6.07) is 6.80. The number of allylic oxidation sites excluding steroid dienone is 4. The Kier molecular flexibility index (Phi) is 8.89. The predicted octanol–water partition coefficient (Wildman–Crippen LogP) is 9.52. The molecule has 0 aliphatic carbocycles. The fraction of sp³-hybridized carbons (Fsp3) is 0.459. The molecule has 0 fully saturated rings. The van der Waals surface area contributed by atoms with Gasteiger partial charge in [-0.2, -0.15) is 0 Å². The number of rotatable bonds is 9. The van der Waals surface area contributed by atoms with Crippen LogP contribution in [0.2, 0.25) is 0 Å². The molecule has 0 spiro atoms. The molecule has 0 saturated heterocycles. The maximum absolute atomic E-state index is 10.9. The molecule has 0 radical (unpaired) electrons. The van der Waals surface area contributed by atoms with Gasteiger partial charge in [-0.3, -0.25) is 0 Å². The lowest BCUT2D eigenvalue weighted by atomic mass is 9.96. The summed E-state index contributed by atoms with van der Waals surface area (Å²) in [6.45, 7) is 17.8. The van der Waals surface area contributed by atoms with Crippen LogP contribution in [0.4, 0.5) is 0 Å². The van der Waals surface area contributed by atoms with Gasteiger partial charge >= 0.3 is 0 Å². The van der Waals surface area contributed by atoms with Crippen LogP contribution in [0, 0.1) is 0 Å². The molecule has 42 heavy (non-hydrogen) atoms. The molecule has 0 aromatic carbocycles. The van der Waals surface area contributed by atoms with Crippen LogP contribution in [0.25, 0.3) is 44.4 Å². The largest absolute Gasteiger partial charge is 0.392 e. The Morgan fingerprint density at radius 1 is 0.476 bits per heavy atom. The number of nitrogens with one attached hydrogen (secondary N) is 2. The van der Waals surface area contributed by atoms with E-state index in [0.29, 0.717) is 0 Å². The number of hydrogen-bond donors (Lipinski definition) is 3. The summed E-state index contributed by atoms with van der Waals surface area (Å²) in [6.07, 6.45) is 7.33. The molecule has 5 heteroatoms. The van der Waals surface area contributed by atoms with Crippen LogP contribution < -0.4 is 0 Å². The second-order valence-electron chi connectivity index (χ2n) is 11.3. The Balaban J connectivity index is 2.09. The lowest BCUT2D eigenvalue weighted by Crippen LogP contribution is -1.96. The van der Waals surface area contributed by atoms with E-state index in [9.17, 15) is 5.11 Å². The average Bonchev–Trinajstić information content (AvgIpc) is 3.72. The van der Waals surface area contributed by atoms with Crippen molar-refractivity contribution in [2.75, 3.05) is 0 Å². The Morgan fingerprint density at radius 2 is 0.929 bits per heavy atom. The lowest BCUT2D eigenvalue weighted by Gasteiger charge is -2.08. The average molecular weight is 565 g/mol. The standard InChI is InChI=1S/C37H48N4O/c1-9-21-23(11-3)32-18-34-25(13-5)27(15-7)36(40-34)29(20-42)37-28(16-8)26(14-6)35(41-37)19-33-24(12-4)22(10-2)31(39-33)17-30(21)38-32/h17-19,38,40,42H,9-16,20H2,1-8H3. The van der Waals surface area contributed by atoms with E-state index in [1.54, 1.807) is 0 Å². The van der Waals surface area contributed by atoms with Crippen LogP contribution in [-0.2, 0) is 32.3 Å². The minimum absolute atomic E-state index is 0.0660. The monoisotopic (exact) mass is 564 g/mol.